The SMILES string of the molecule is CNc1nc(C)nc2c1ncn2C1OC(C)[C@@H](O)C1F. The molecule has 3 rings (SSSR count). The minimum Gasteiger partial charge on any atom is -0.387 e. The van der Waals surface area contributed by atoms with Crippen molar-refractivity contribution in [2.24, 2.45) is 0 Å². The van der Waals surface area contributed by atoms with Gasteiger partial charge in [-0.25, -0.2) is 19.3 Å². The number of fused-ring (bicyclic) bond motifs is 1. The Bertz CT molecular complexity index is 646. The summed E-state index contributed by atoms with van der Waals surface area (Å²) in [5.41, 5.74) is 1.03. The molecule has 3 heterocycles. The first-order valence-corrected chi connectivity index (χ1v) is 6.39. The Morgan fingerprint density at radius 3 is 2.80 bits per heavy atom. The molecule has 0 radical (unpaired) electrons. The molecule has 1 aliphatic rings. The van der Waals surface area contributed by atoms with Crippen molar-refractivity contribution in [1.29, 1.82) is 0 Å². The number of hydrogen-bond acceptors (Lipinski definition) is 6. The van der Waals surface area contributed by atoms with Crippen LogP contribution in [0.5, 0.6) is 0 Å². The van der Waals surface area contributed by atoms with Gasteiger partial charge in [-0.05, 0) is 13.8 Å². The zero-order chi connectivity index (χ0) is 14.4. The molecule has 1 aliphatic heterocycles. The Morgan fingerprint density at radius 2 is 2.20 bits per heavy atom. The lowest BCUT2D eigenvalue weighted by molar-refractivity contribution is -0.0137. The maximum atomic E-state index is 14.1. The highest BCUT2D eigenvalue weighted by Crippen LogP contribution is 2.34. The van der Waals surface area contributed by atoms with Crippen LogP contribution in [0.3, 0.4) is 0 Å². The van der Waals surface area contributed by atoms with Crippen LogP contribution in [-0.2, 0) is 4.74 Å². The first-order chi connectivity index (χ1) is 9.52. The van der Waals surface area contributed by atoms with Crippen molar-refractivity contribution in [3.8, 4) is 0 Å². The molecular formula is C12H16FN5O2. The normalized spacial score (nSPS) is 30.1. The second kappa shape index (κ2) is 4.64. The Hall–Kier alpha value is -1.80. The average molecular weight is 281 g/mol. The van der Waals surface area contributed by atoms with Crippen molar-refractivity contribution in [2.45, 2.75) is 38.5 Å². The molecule has 0 spiro atoms. The van der Waals surface area contributed by atoms with Crippen LogP contribution in [-0.4, -0.2) is 50.1 Å². The molecule has 2 N–H and O–H groups in total. The van der Waals surface area contributed by atoms with Crippen LogP contribution >= 0.6 is 0 Å². The van der Waals surface area contributed by atoms with Crippen LogP contribution in [0.15, 0.2) is 6.33 Å². The van der Waals surface area contributed by atoms with E-state index in [2.05, 4.69) is 20.3 Å². The van der Waals surface area contributed by atoms with E-state index in [0.29, 0.717) is 22.8 Å². The van der Waals surface area contributed by atoms with Gasteiger partial charge in [0.2, 0.25) is 0 Å². The lowest BCUT2D eigenvalue weighted by atomic mass is 10.2. The van der Waals surface area contributed by atoms with Crippen molar-refractivity contribution < 1.29 is 14.2 Å². The Balaban J connectivity index is 2.11. The van der Waals surface area contributed by atoms with Crippen molar-refractivity contribution in [2.75, 3.05) is 12.4 Å². The molecule has 0 aromatic carbocycles. The predicted molar refractivity (Wildman–Crippen MR) is 70.1 cm³/mol. The lowest BCUT2D eigenvalue weighted by Crippen LogP contribution is -2.26. The summed E-state index contributed by atoms with van der Waals surface area (Å²) in [4.78, 5) is 12.7. The third-order valence-corrected chi connectivity index (χ3v) is 3.48. The van der Waals surface area contributed by atoms with Crippen molar-refractivity contribution in [3.63, 3.8) is 0 Å². The predicted octanol–water partition coefficient (Wildman–Crippen LogP) is 0.793. The minimum absolute atomic E-state index is 0.482. The molecule has 0 amide bonds. The number of aromatic nitrogens is 4. The standard InChI is InChI=1S/C12H16FN5O2/c1-5-9(19)7(13)12(20-5)18-4-15-8-10(14-3)16-6(2)17-11(8)18/h4-5,7,9,12,19H,1-3H3,(H,14,16,17)/t5?,7?,9-,12?/m1/s1. The largest absolute Gasteiger partial charge is 0.387 e. The molecule has 0 aliphatic carbocycles. The molecule has 3 unspecified atom stereocenters. The molecule has 1 saturated heterocycles. The number of hydrogen-bond donors (Lipinski definition) is 2. The summed E-state index contributed by atoms with van der Waals surface area (Å²) in [6.45, 7) is 3.38. The monoisotopic (exact) mass is 281 g/mol. The van der Waals surface area contributed by atoms with Gasteiger partial charge in [-0.3, -0.25) is 4.57 Å². The van der Waals surface area contributed by atoms with Crippen molar-refractivity contribution >= 4 is 17.0 Å². The van der Waals surface area contributed by atoms with Gasteiger partial charge in [-0.2, -0.15) is 0 Å². The maximum absolute atomic E-state index is 14.1. The number of nitrogens with zero attached hydrogens (tertiary/aromatic N) is 4. The number of anilines is 1. The van der Waals surface area contributed by atoms with E-state index in [4.69, 9.17) is 4.74 Å². The zero-order valence-electron chi connectivity index (χ0n) is 11.4. The van der Waals surface area contributed by atoms with Gasteiger partial charge in [0.1, 0.15) is 11.9 Å². The summed E-state index contributed by atoms with van der Waals surface area (Å²) in [6.07, 6.45) is -2.70. The Morgan fingerprint density at radius 1 is 1.45 bits per heavy atom. The molecule has 2 aromatic heterocycles. The number of rotatable bonds is 2. The van der Waals surface area contributed by atoms with Crippen LogP contribution < -0.4 is 5.32 Å². The summed E-state index contributed by atoms with van der Waals surface area (Å²) in [6, 6.07) is 0. The molecule has 0 saturated carbocycles. The van der Waals surface area contributed by atoms with E-state index in [1.807, 2.05) is 0 Å². The van der Waals surface area contributed by atoms with E-state index in [9.17, 15) is 9.50 Å². The van der Waals surface area contributed by atoms with Gasteiger partial charge in [0.05, 0.1) is 12.4 Å². The Kier molecular flexibility index (Phi) is 3.06. The van der Waals surface area contributed by atoms with Gasteiger partial charge in [0.25, 0.3) is 0 Å². The van der Waals surface area contributed by atoms with Gasteiger partial charge >= 0.3 is 0 Å². The fourth-order valence-electron chi connectivity index (χ4n) is 2.41. The van der Waals surface area contributed by atoms with Crippen molar-refractivity contribution in [1.82, 2.24) is 19.5 Å². The van der Waals surface area contributed by atoms with E-state index in [1.54, 1.807) is 20.9 Å². The van der Waals surface area contributed by atoms with Crippen LogP contribution in [0.1, 0.15) is 19.0 Å². The van der Waals surface area contributed by atoms with Crippen LogP contribution in [0, 0.1) is 6.92 Å². The minimum atomic E-state index is -1.52. The fourth-order valence-corrected chi connectivity index (χ4v) is 2.41. The number of aliphatic hydroxyl groups is 1. The molecule has 4 atom stereocenters. The average Bonchev–Trinajstić information content (AvgIpc) is 2.94. The van der Waals surface area contributed by atoms with Crippen molar-refractivity contribution in [3.05, 3.63) is 12.2 Å². The molecule has 2 aromatic rings. The molecule has 8 heteroatoms. The number of alkyl halides is 1. The maximum Gasteiger partial charge on any atom is 0.173 e. The summed E-state index contributed by atoms with van der Waals surface area (Å²) in [5.74, 6) is 1.12. The van der Waals surface area contributed by atoms with Crippen LogP contribution in [0.2, 0.25) is 0 Å². The number of halogens is 1. The van der Waals surface area contributed by atoms with Gasteiger partial charge in [-0.15, -0.1) is 0 Å². The molecule has 20 heavy (non-hydrogen) atoms. The highest BCUT2D eigenvalue weighted by molar-refractivity contribution is 5.82. The molecule has 108 valence electrons. The first-order valence-electron chi connectivity index (χ1n) is 6.39. The van der Waals surface area contributed by atoms with Crippen LogP contribution in [0.4, 0.5) is 10.2 Å². The summed E-state index contributed by atoms with van der Waals surface area (Å²) >= 11 is 0. The number of imidazole rings is 1. The van der Waals surface area contributed by atoms with E-state index < -0.39 is 24.6 Å². The number of nitrogens with one attached hydrogen (secondary N) is 1. The highest BCUT2D eigenvalue weighted by atomic mass is 19.1. The summed E-state index contributed by atoms with van der Waals surface area (Å²) in [5, 5.41) is 12.6. The van der Waals surface area contributed by atoms with Gasteiger partial charge < -0.3 is 15.2 Å². The van der Waals surface area contributed by atoms with E-state index in [-0.39, 0.29) is 0 Å². The number of ether oxygens (including phenoxy) is 1. The number of aryl methyl sites for hydroxylation is 1. The molecule has 1 fully saturated rings. The topological polar surface area (TPSA) is 85.1 Å². The quantitative estimate of drug-likeness (QED) is 0.846. The first kappa shape index (κ1) is 13.2. The lowest BCUT2D eigenvalue weighted by Gasteiger charge is -2.15. The van der Waals surface area contributed by atoms with Gasteiger partial charge in [0, 0.05) is 7.05 Å². The zero-order valence-corrected chi connectivity index (χ0v) is 11.4. The van der Waals surface area contributed by atoms with E-state index in [0.717, 1.165) is 0 Å². The smallest absolute Gasteiger partial charge is 0.173 e. The Labute approximate surface area is 114 Å². The highest BCUT2D eigenvalue weighted by Gasteiger charge is 2.43. The fraction of sp³-hybridized carbons (Fsp3) is 0.583. The van der Waals surface area contributed by atoms with E-state index >= 15 is 0 Å². The molecule has 0 bridgehead atoms. The second-order valence-electron chi connectivity index (χ2n) is 4.86. The van der Waals surface area contributed by atoms with Gasteiger partial charge in [0.15, 0.2) is 29.4 Å². The third-order valence-electron chi connectivity index (χ3n) is 3.48. The van der Waals surface area contributed by atoms with Crippen LogP contribution in [0.25, 0.3) is 11.2 Å². The summed E-state index contributed by atoms with van der Waals surface area (Å²) in [7, 11) is 1.73. The second-order valence-corrected chi connectivity index (χ2v) is 4.86. The molecular weight excluding hydrogens is 265 g/mol. The van der Waals surface area contributed by atoms with Gasteiger partial charge in [-0.1, -0.05) is 0 Å². The summed E-state index contributed by atoms with van der Waals surface area (Å²) < 4.78 is 21.1. The third kappa shape index (κ3) is 1.83. The number of aliphatic hydroxyl groups excluding tert-OH is 1. The molecule has 7 nitrogen and oxygen atoms in total. The van der Waals surface area contributed by atoms with E-state index in [1.165, 1.54) is 10.9 Å².